The zero-order valence-electron chi connectivity index (χ0n) is 5.22. The Hall–Kier alpha value is 0.0100. The maximum absolute atomic E-state index is 10.3. The van der Waals surface area contributed by atoms with Crippen molar-refractivity contribution < 1.29 is 44.2 Å². The van der Waals surface area contributed by atoms with Crippen LogP contribution < -0.4 is 34.7 Å². The van der Waals surface area contributed by atoms with Crippen LogP contribution in [-0.2, 0) is 9.53 Å². The number of hydrogen-bond donors (Lipinski definition) is 0. The van der Waals surface area contributed by atoms with E-state index in [9.17, 15) is 9.90 Å². The number of hydrogen-bond acceptors (Lipinski definition) is 3. The van der Waals surface area contributed by atoms with E-state index in [4.69, 9.17) is 0 Å². The number of esters is 1. The molecule has 0 atom stereocenters. The Morgan fingerprint density at radius 1 is 1.67 bits per heavy atom. The Morgan fingerprint density at radius 3 is 2.56 bits per heavy atom. The molecule has 0 spiro atoms. The molecule has 0 aliphatic carbocycles. The third kappa shape index (κ3) is 2.01. The van der Waals surface area contributed by atoms with E-state index in [0.29, 0.717) is 19.3 Å². The van der Waals surface area contributed by atoms with Crippen LogP contribution in [0.3, 0.4) is 0 Å². The molecular weight excluding hydrogens is 131 g/mol. The van der Waals surface area contributed by atoms with Gasteiger partial charge in [0.2, 0.25) is 0 Å². The van der Waals surface area contributed by atoms with E-state index >= 15 is 0 Å². The van der Waals surface area contributed by atoms with Crippen LogP contribution in [0.5, 0.6) is 0 Å². The molecule has 3 nitrogen and oxygen atoms in total. The van der Waals surface area contributed by atoms with E-state index < -0.39 is 5.97 Å². The molecule has 1 rings (SSSR count). The molecule has 0 unspecified atom stereocenters. The van der Waals surface area contributed by atoms with Crippen LogP contribution in [0.15, 0.2) is 11.8 Å². The molecule has 1 aliphatic heterocycles. The Labute approximate surface area is 75.0 Å². The molecule has 9 heavy (non-hydrogen) atoms. The van der Waals surface area contributed by atoms with Crippen LogP contribution >= 0.6 is 0 Å². The summed E-state index contributed by atoms with van der Waals surface area (Å²) in [6.07, 6.45) is 1.03. The average molecular weight is 136 g/mol. The molecule has 44 valence electrons. The van der Waals surface area contributed by atoms with Gasteiger partial charge in [0.25, 0.3) is 0 Å². The van der Waals surface area contributed by atoms with Crippen LogP contribution in [0.25, 0.3) is 0 Å². The standard InChI is InChI=1S/C5H6O3.Na/c6-3-4-1-2-8-5(4)7;/h3,6H,1-2H2;/q;+1/p-1. The van der Waals surface area contributed by atoms with Gasteiger partial charge in [0, 0.05) is 12.0 Å². The molecule has 1 fully saturated rings. The van der Waals surface area contributed by atoms with E-state index in [2.05, 4.69) is 4.74 Å². The minimum Gasteiger partial charge on any atom is -0.878 e. The van der Waals surface area contributed by atoms with E-state index in [-0.39, 0.29) is 35.1 Å². The summed E-state index contributed by atoms with van der Waals surface area (Å²) in [4.78, 5) is 10.3. The average Bonchev–Trinajstić information content (AvgIpc) is 2.14. The van der Waals surface area contributed by atoms with Crippen LogP contribution in [0.2, 0.25) is 0 Å². The molecule has 0 amide bonds. The minimum absolute atomic E-state index is 0. The van der Waals surface area contributed by atoms with Gasteiger partial charge in [0.05, 0.1) is 6.61 Å². The van der Waals surface area contributed by atoms with E-state index in [1.54, 1.807) is 0 Å². The molecule has 0 radical (unpaired) electrons. The summed E-state index contributed by atoms with van der Waals surface area (Å²) < 4.78 is 4.45. The van der Waals surface area contributed by atoms with Gasteiger partial charge in [-0.1, -0.05) is 0 Å². The van der Waals surface area contributed by atoms with E-state index in [1.165, 1.54) is 0 Å². The summed E-state index contributed by atoms with van der Waals surface area (Å²) >= 11 is 0. The molecular formula is C5H5NaO3. The molecule has 0 N–H and O–H groups in total. The molecule has 0 saturated carbocycles. The Balaban J connectivity index is 0.000000640. The number of carbonyl (C=O) groups is 1. The van der Waals surface area contributed by atoms with Crippen LogP contribution in [0.4, 0.5) is 0 Å². The van der Waals surface area contributed by atoms with Gasteiger partial charge in [0.1, 0.15) is 0 Å². The molecule has 0 aromatic carbocycles. The smallest absolute Gasteiger partial charge is 0.878 e. The summed E-state index contributed by atoms with van der Waals surface area (Å²) in [7, 11) is 0. The number of rotatable bonds is 0. The quantitative estimate of drug-likeness (QED) is 0.148. The van der Waals surface area contributed by atoms with Gasteiger partial charge < -0.3 is 9.84 Å². The second kappa shape index (κ2) is 3.93. The van der Waals surface area contributed by atoms with Crippen molar-refractivity contribution in [2.75, 3.05) is 6.61 Å². The molecule has 0 bridgehead atoms. The van der Waals surface area contributed by atoms with E-state index in [1.807, 2.05) is 0 Å². The maximum atomic E-state index is 10.3. The van der Waals surface area contributed by atoms with Crippen LogP contribution in [-0.4, -0.2) is 12.6 Å². The number of cyclic esters (lactones) is 1. The molecule has 1 heterocycles. The van der Waals surface area contributed by atoms with Crippen molar-refractivity contribution in [2.45, 2.75) is 6.42 Å². The Bertz CT molecular complexity index is 141. The van der Waals surface area contributed by atoms with Gasteiger partial charge in [-0.05, 0) is 0 Å². The number of ether oxygens (including phenoxy) is 1. The van der Waals surface area contributed by atoms with E-state index in [0.717, 1.165) is 0 Å². The first-order chi connectivity index (χ1) is 3.84. The largest absolute Gasteiger partial charge is 1.00 e. The van der Waals surface area contributed by atoms with Gasteiger partial charge >= 0.3 is 35.5 Å². The Kier molecular flexibility index (Phi) is 3.93. The zero-order valence-corrected chi connectivity index (χ0v) is 7.22. The van der Waals surface area contributed by atoms with Crippen molar-refractivity contribution >= 4 is 5.97 Å². The van der Waals surface area contributed by atoms with Crippen molar-refractivity contribution in [3.05, 3.63) is 11.8 Å². The second-order valence-electron chi connectivity index (χ2n) is 1.53. The predicted octanol–water partition coefficient (Wildman–Crippen LogP) is -3.82. The first kappa shape index (κ1) is 9.01. The summed E-state index contributed by atoms with van der Waals surface area (Å²) in [5.74, 6) is -0.458. The normalized spacial score (nSPS) is 21.3. The fourth-order valence-corrected chi connectivity index (χ4v) is 0.555. The summed E-state index contributed by atoms with van der Waals surface area (Å²) in [6.45, 7) is 0.368. The monoisotopic (exact) mass is 136 g/mol. The van der Waals surface area contributed by atoms with Crippen LogP contribution in [0, 0.1) is 0 Å². The first-order valence-corrected chi connectivity index (χ1v) is 2.32. The second-order valence-corrected chi connectivity index (χ2v) is 1.53. The third-order valence-corrected chi connectivity index (χ3v) is 1.01. The topological polar surface area (TPSA) is 49.4 Å². The van der Waals surface area contributed by atoms with Crippen molar-refractivity contribution in [1.82, 2.24) is 0 Å². The molecule has 0 aromatic heterocycles. The first-order valence-electron chi connectivity index (χ1n) is 2.32. The fourth-order valence-electron chi connectivity index (χ4n) is 0.555. The van der Waals surface area contributed by atoms with Gasteiger partial charge in [-0.15, -0.1) is 6.26 Å². The van der Waals surface area contributed by atoms with Crippen LogP contribution in [0.1, 0.15) is 6.42 Å². The molecule has 1 aliphatic rings. The van der Waals surface area contributed by atoms with Crippen molar-refractivity contribution in [3.63, 3.8) is 0 Å². The van der Waals surface area contributed by atoms with Gasteiger partial charge in [-0.25, -0.2) is 4.79 Å². The summed E-state index contributed by atoms with van der Waals surface area (Å²) in [6, 6.07) is 0. The fraction of sp³-hybridized carbons (Fsp3) is 0.400. The van der Waals surface area contributed by atoms with Crippen molar-refractivity contribution in [1.29, 1.82) is 0 Å². The third-order valence-electron chi connectivity index (χ3n) is 1.01. The molecule has 4 heteroatoms. The minimum atomic E-state index is -0.458. The zero-order chi connectivity index (χ0) is 5.98. The Morgan fingerprint density at radius 2 is 2.33 bits per heavy atom. The maximum Gasteiger partial charge on any atom is 1.00 e. The van der Waals surface area contributed by atoms with Gasteiger partial charge in [-0.2, -0.15) is 0 Å². The SMILES string of the molecule is O=C1OCCC1=C[O-].[Na+]. The summed E-state index contributed by atoms with van der Waals surface area (Å²) in [5, 5.41) is 9.88. The molecule has 0 aromatic rings. The van der Waals surface area contributed by atoms with Gasteiger partial charge in [-0.3, -0.25) is 0 Å². The van der Waals surface area contributed by atoms with Crippen molar-refractivity contribution in [3.8, 4) is 0 Å². The van der Waals surface area contributed by atoms with Crippen molar-refractivity contribution in [2.24, 2.45) is 0 Å². The predicted molar refractivity (Wildman–Crippen MR) is 23.7 cm³/mol. The number of carbonyl (C=O) groups excluding carboxylic acids is 1. The summed E-state index contributed by atoms with van der Waals surface area (Å²) in [5.41, 5.74) is 0.255. The van der Waals surface area contributed by atoms with Gasteiger partial charge in [0.15, 0.2) is 0 Å². The molecule has 1 saturated heterocycles.